The summed E-state index contributed by atoms with van der Waals surface area (Å²) in [4.78, 5) is 10.7. The molecule has 2 aromatic carbocycles. The molecule has 0 radical (unpaired) electrons. The van der Waals surface area contributed by atoms with Crippen LogP contribution in [-0.2, 0) is 0 Å². The highest BCUT2D eigenvalue weighted by atomic mass is 16.5. The molecular formula is C20H25N3O3. The van der Waals surface area contributed by atoms with Gasteiger partial charge in [-0.25, -0.2) is 10.2 Å². The molecule has 0 spiro atoms. The average Bonchev–Trinajstić information content (AvgIpc) is 2.59. The summed E-state index contributed by atoms with van der Waals surface area (Å²) in [6.45, 7) is 7.14. The molecule has 0 bridgehead atoms. The van der Waals surface area contributed by atoms with Crippen LogP contribution in [0.3, 0.4) is 0 Å². The fourth-order valence-electron chi connectivity index (χ4n) is 2.43. The van der Waals surface area contributed by atoms with Gasteiger partial charge in [-0.2, -0.15) is 5.10 Å². The van der Waals surface area contributed by atoms with E-state index < -0.39 is 6.03 Å². The highest BCUT2D eigenvalue weighted by Crippen LogP contribution is 2.27. The molecule has 0 aliphatic carbocycles. The number of carbonyl (C=O) groups is 1. The number of aryl methyl sites for hydroxylation is 1. The van der Waals surface area contributed by atoms with Crippen LogP contribution in [0.25, 0.3) is 0 Å². The summed E-state index contributed by atoms with van der Waals surface area (Å²) in [5.41, 5.74) is 10.2. The minimum Gasteiger partial charge on any atom is -0.490 e. The molecule has 0 saturated carbocycles. The van der Waals surface area contributed by atoms with Crippen molar-refractivity contribution in [2.75, 3.05) is 13.2 Å². The van der Waals surface area contributed by atoms with Crippen molar-refractivity contribution < 1.29 is 14.3 Å². The number of primary amides is 1. The maximum absolute atomic E-state index is 10.7. The number of carbonyl (C=O) groups excluding carboxylic acids is 1. The van der Waals surface area contributed by atoms with Gasteiger partial charge in [0.05, 0.1) is 6.21 Å². The molecule has 0 aliphatic heterocycles. The molecule has 0 saturated heterocycles. The van der Waals surface area contributed by atoms with E-state index >= 15 is 0 Å². The Morgan fingerprint density at radius 2 is 1.85 bits per heavy atom. The fourth-order valence-corrected chi connectivity index (χ4v) is 2.43. The maximum atomic E-state index is 10.7. The van der Waals surface area contributed by atoms with Gasteiger partial charge in [0, 0.05) is 5.56 Å². The van der Waals surface area contributed by atoms with E-state index in [2.05, 4.69) is 36.5 Å². The van der Waals surface area contributed by atoms with Crippen molar-refractivity contribution >= 4 is 12.2 Å². The number of nitrogens with zero attached hydrogens (tertiary/aromatic N) is 1. The zero-order valence-electron chi connectivity index (χ0n) is 15.4. The third-order valence-corrected chi connectivity index (χ3v) is 3.69. The van der Waals surface area contributed by atoms with Crippen molar-refractivity contribution in [2.24, 2.45) is 10.8 Å². The summed E-state index contributed by atoms with van der Waals surface area (Å²) in [7, 11) is 0. The van der Waals surface area contributed by atoms with Gasteiger partial charge in [0.25, 0.3) is 0 Å². The molecule has 2 rings (SSSR count). The van der Waals surface area contributed by atoms with Crippen molar-refractivity contribution in [1.82, 2.24) is 5.43 Å². The number of amides is 2. The Bertz CT molecular complexity index is 773. The third-order valence-electron chi connectivity index (χ3n) is 3.69. The van der Waals surface area contributed by atoms with Crippen molar-refractivity contribution in [3.05, 3.63) is 59.2 Å². The second kappa shape index (κ2) is 9.46. The van der Waals surface area contributed by atoms with E-state index in [1.54, 1.807) is 0 Å². The topological polar surface area (TPSA) is 85.9 Å². The molecular weight excluding hydrogens is 330 g/mol. The van der Waals surface area contributed by atoms with Gasteiger partial charge in [0.15, 0.2) is 0 Å². The van der Waals surface area contributed by atoms with Crippen LogP contribution in [0.15, 0.2) is 47.6 Å². The summed E-state index contributed by atoms with van der Waals surface area (Å²) < 4.78 is 11.7. The zero-order chi connectivity index (χ0) is 18.9. The smallest absolute Gasteiger partial charge is 0.332 e. The van der Waals surface area contributed by atoms with Crippen LogP contribution in [0.2, 0.25) is 0 Å². The number of ether oxygens (including phenoxy) is 2. The largest absolute Gasteiger partial charge is 0.490 e. The van der Waals surface area contributed by atoms with Gasteiger partial charge >= 0.3 is 6.03 Å². The normalized spacial score (nSPS) is 10.9. The summed E-state index contributed by atoms with van der Waals surface area (Å²) in [5.74, 6) is 1.93. The van der Waals surface area contributed by atoms with Gasteiger partial charge in [-0.1, -0.05) is 38.1 Å². The lowest BCUT2D eigenvalue weighted by molar-refractivity contribution is 0.215. The van der Waals surface area contributed by atoms with Crippen LogP contribution in [0.4, 0.5) is 4.79 Å². The number of para-hydroxylation sites is 1. The predicted molar refractivity (Wildman–Crippen MR) is 103 cm³/mol. The maximum Gasteiger partial charge on any atom is 0.332 e. The summed E-state index contributed by atoms with van der Waals surface area (Å²) in [5, 5.41) is 3.76. The number of hydrogen-bond acceptors (Lipinski definition) is 4. The third kappa shape index (κ3) is 5.81. The van der Waals surface area contributed by atoms with Crippen molar-refractivity contribution in [2.45, 2.75) is 26.7 Å². The molecule has 2 aromatic rings. The average molecular weight is 355 g/mol. The SMILES string of the molecule is Cc1ccc(C(C)C)c(OCCOc2ccccc2C=NNC(N)=O)c1. The van der Waals surface area contributed by atoms with Gasteiger partial charge < -0.3 is 15.2 Å². The zero-order valence-corrected chi connectivity index (χ0v) is 15.4. The van der Waals surface area contributed by atoms with Crippen molar-refractivity contribution in [3.63, 3.8) is 0 Å². The molecule has 6 nitrogen and oxygen atoms in total. The molecule has 0 aliphatic rings. The molecule has 0 fully saturated rings. The molecule has 26 heavy (non-hydrogen) atoms. The first-order valence-corrected chi connectivity index (χ1v) is 8.51. The molecule has 0 unspecified atom stereocenters. The van der Waals surface area contributed by atoms with Gasteiger partial charge in [-0.3, -0.25) is 0 Å². The Kier molecular flexibility index (Phi) is 7.02. The number of hydrogen-bond donors (Lipinski definition) is 2. The Balaban J connectivity index is 1.94. The number of benzene rings is 2. The van der Waals surface area contributed by atoms with E-state index in [0.717, 1.165) is 16.9 Å². The standard InChI is InChI=1S/C20H25N3O3/c1-14(2)17-9-8-15(3)12-19(17)26-11-10-25-18-7-5-4-6-16(18)13-22-23-20(21)24/h4-9,12-14H,10-11H2,1-3H3,(H3,21,23,24). The number of urea groups is 1. The lowest BCUT2D eigenvalue weighted by Crippen LogP contribution is -2.24. The first-order valence-electron chi connectivity index (χ1n) is 8.51. The van der Waals surface area contributed by atoms with Crippen LogP contribution in [0.5, 0.6) is 11.5 Å². The first kappa shape index (κ1) is 19.3. The van der Waals surface area contributed by atoms with Gasteiger partial charge in [0.1, 0.15) is 24.7 Å². The second-order valence-corrected chi connectivity index (χ2v) is 6.16. The lowest BCUT2D eigenvalue weighted by atomic mass is 10.0. The predicted octanol–water partition coefficient (Wildman–Crippen LogP) is 3.58. The van der Waals surface area contributed by atoms with Crippen LogP contribution < -0.4 is 20.6 Å². The summed E-state index contributed by atoms with van der Waals surface area (Å²) in [6.07, 6.45) is 1.48. The summed E-state index contributed by atoms with van der Waals surface area (Å²) >= 11 is 0. The van der Waals surface area contributed by atoms with E-state index in [1.807, 2.05) is 37.3 Å². The minimum atomic E-state index is -0.716. The molecule has 3 N–H and O–H groups in total. The van der Waals surface area contributed by atoms with E-state index in [0.29, 0.717) is 24.9 Å². The monoisotopic (exact) mass is 355 g/mol. The Hall–Kier alpha value is -3.02. The highest BCUT2D eigenvalue weighted by molar-refractivity contribution is 5.84. The van der Waals surface area contributed by atoms with Crippen LogP contribution in [-0.4, -0.2) is 25.5 Å². The fraction of sp³-hybridized carbons (Fsp3) is 0.300. The number of rotatable bonds is 8. The quantitative estimate of drug-likeness (QED) is 0.431. The van der Waals surface area contributed by atoms with Crippen molar-refractivity contribution in [1.29, 1.82) is 0 Å². The Labute approximate surface area is 154 Å². The van der Waals surface area contributed by atoms with Crippen LogP contribution >= 0.6 is 0 Å². The van der Waals surface area contributed by atoms with Crippen LogP contribution in [0.1, 0.15) is 36.5 Å². The molecule has 6 heteroatoms. The summed E-state index contributed by atoms with van der Waals surface area (Å²) in [6, 6.07) is 12.9. The Morgan fingerprint density at radius 1 is 1.15 bits per heavy atom. The van der Waals surface area contributed by atoms with E-state index in [9.17, 15) is 4.79 Å². The molecule has 138 valence electrons. The minimum absolute atomic E-state index is 0.388. The van der Waals surface area contributed by atoms with Crippen molar-refractivity contribution in [3.8, 4) is 11.5 Å². The van der Waals surface area contributed by atoms with Crippen LogP contribution in [0, 0.1) is 6.92 Å². The van der Waals surface area contributed by atoms with E-state index in [-0.39, 0.29) is 0 Å². The molecule has 0 atom stereocenters. The van der Waals surface area contributed by atoms with E-state index in [1.165, 1.54) is 11.8 Å². The molecule has 0 heterocycles. The number of nitrogens with two attached hydrogens (primary N) is 1. The Morgan fingerprint density at radius 3 is 2.54 bits per heavy atom. The van der Waals surface area contributed by atoms with E-state index in [4.69, 9.17) is 15.2 Å². The molecule has 2 amide bonds. The number of hydrazone groups is 1. The van der Waals surface area contributed by atoms with Gasteiger partial charge in [-0.05, 0) is 42.2 Å². The number of nitrogens with one attached hydrogen (secondary N) is 1. The van der Waals surface area contributed by atoms with Gasteiger partial charge in [0.2, 0.25) is 0 Å². The highest BCUT2D eigenvalue weighted by Gasteiger charge is 2.08. The lowest BCUT2D eigenvalue weighted by Gasteiger charge is -2.15. The first-order chi connectivity index (χ1) is 12.5. The molecule has 0 aromatic heterocycles. The van der Waals surface area contributed by atoms with Gasteiger partial charge in [-0.15, -0.1) is 0 Å². The second-order valence-electron chi connectivity index (χ2n) is 6.16.